The van der Waals surface area contributed by atoms with Gasteiger partial charge < -0.3 is 9.84 Å². The van der Waals surface area contributed by atoms with Crippen molar-refractivity contribution in [1.82, 2.24) is 0 Å². The van der Waals surface area contributed by atoms with Gasteiger partial charge in [0.1, 0.15) is 6.10 Å². The van der Waals surface area contributed by atoms with E-state index in [-0.39, 0.29) is 23.7 Å². The third kappa shape index (κ3) is 2.82. The Balaban J connectivity index is 1.71. The molecule has 4 nitrogen and oxygen atoms in total. The van der Waals surface area contributed by atoms with E-state index in [9.17, 15) is 9.59 Å². The van der Waals surface area contributed by atoms with Crippen LogP contribution in [0.3, 0.4) is 0 Å². The number of hydrogen-bond acceptors (Lipinski definition) is 3. The molecule has 4 fully saturated rings. The molecule has 0 aliphatic heterocycles. The first-order valence-electron chi connectivity index (χ1n) is 8.31. The minimum absolute atomic E-state index is 0.0407. The maximum atomic E-state index is 12.8. The summed E-state index contributed by atoms with van der Waals surface area (Å²) in [6.07, 6.45) is 6.18. The molecular formula is C17H26O4. The number of carbonyl (C=O) groups excluding carboxylic acids is 1. The molecule has 21 heavy (non-hydrogen) atoms. The van der Waals surface area contributed by atoms with Crippen LogP contribution in [0.15, 0.2) is 0 Å². The highest BCUT2D eigenvalue weighted by Crippen LogP contribution is 2.60. The highest BCUT2D eigenvalue weighted by molar-refractivity contribution is 5.78. The first kappa shape index (κ1) is 14.9. The lowest BCUT2D eigenvalue weighted by Crippen LogP contribution is -2.51. The molecule has 1 N–H and O–H groups in total. The zero-order valence-electron chi connectivity index (χ0n) is 13.0. The minimum Gasteiger partial charge on any atom is -0.481 e. The molecule has 4 heteroatoms. The number of ether oxygens (including phenoxy) is 1. The van der Waals surface area contributed by atoms with Crippen LogP contribution in [-0.4, -0.2) is 23.1 Å². The molecule has 4 aliphatic carbocycles. The Bertz CT molecular complexity index is 405. The van der Waals surface area contributed by atoms with Gasteiger partial charge in [-0.25, -0.2) is 0 Å². The summed E-state index contributed by atoms with van der Waals surface area (Å²) in [6, 6.07) is 0. The molecule has 0 radical (unpaired) electrons. The Kier molecular flexibility index (Phi) is 3.74. The molecule has 4 bridgehead atoms. The fourth-order valence-corrected chi connectivity index (χ4v) is 5.21. The lowest BCUT2D eigenvalue weighted by Gasteiger charge is -2.55. The molecule has 0 saturated heterocycles. The van der Waals surface area contributed by atoms with Gasteiger partial charge in [-0.2, -0.15) is 0 Å². The van der Waals surface area contributed by atoms with Gasteiger partial charge >= 0.3 is 11.9 Å². The molecule has 0 heterocycles. The van der Waals surface area contributed by atoms with E-state index in [0.29, 0.717) is 17.8 Å². The van der Waals surface area contributed by atoms with Gasteiger partial charge in [0, 0.05) is 0 Å². The number of esters is 1. The lowest BCUT2D eigenvalue weighted by molar-refractivity contribution is -0.180. The molecule has 0 unspecified atom stereocenters. The normalized spacial score (nSPS) is 38.5. The van der Waals surface area contributed by atoms with Gasteiger partial charge in [0.15, 0.2) is 0 Å². The molecule has 118 valence electrons. The van der Waals surface area contributed by atoms with Gasteiger partial charge in [-0.3, -0.25) is 9.59 Å². The molecule has 4 rings (SSSR count). The molecular weight excluding hydrogens is 268 g/mol. The minimum atomic E-state index is -0.896. The van der Waals surface area contributed by atoms with Crippen LogP contribution in [0.4, 0.5) is 0 Å². The van der Waals surface area contributed by atoms with Gasteiger partial charge in [0.2, 0.25) is 0 Å². The van der Waals surface area contributed by atoms with Crippen molar-refractivity contribution in [2.75, 3.05) is 0 Å². The first-order valence-corrected chi connectivity index (χ1v) is 8.31. The second-order valence-corrected chi connectivity index (χ2v) is 7.98. The summed E-state index contributed by atoms with van der Waals surface area (Å²) in [5.74, 6) is 1.12. The monoisotopic (exact) mass is 294 g/mol. The van der Waals surface area contributed by atoms with Gasteiger partial charge in [-0.15, -0.1) is 0 Å². The molecule has 0 aromatic heterocycles. The largest absolute Gasteiger partial charge is 0.481 e. The highest BCUT2D eigenvalue weighted by atomic mass is 16.5. The molecule has 0 amide bonds. The zero-order chi connectivity index (χ0) is 15.2. The Morgan fingerprint density at radius 2 is 1.57 bits per heavy atom. The number of carboxylic acids is 1. The molecule has 4 aliphatic rings. The third-order valence-electron chi connectivity index (χ3n) is 5.85. The number of aliphatic carboxylic acids is 1. The van der Waals surface area contributed by atoms with Crippen LogP contribution in [0.25, 0.3) is 0 Å². The highest BCUT2D eigenvalue weighted by Gasteiger charge is 2.55. The van der Waals surface area contributed by atoms with Gasteiger partial charge in [0.25, 0.3) is 0 Å². The van der Waals surface area contributed by atoms with Crippen LogP contribution in [0, 0.1) is 29.1 Å². The van der Waals surface area contributed by atoms with Crippen LogP contribution in [0.2, 0.25) is 0 Å². The SMILES string of the molecule is CC(C)[C@H](CC(=O)O)OC(=O)C12CC3CC(CC(C3)C1)C2. The summed E-state index contributed by atoms with van der Waals surface area (Å²) in [6.45, 7) is 3.83. The third-order valence-corrected chi connectivity index (χ3v) is 5.85. The first-order chi connectivity index (χ1) is 9.88. The Labute approximate surface area is 126 Å². The van der Waals surface area contributed by atoms with Gasteiger partial charge in [0.05, 0.1) is 11.8 Å². The molecule has 1 atom stereocenters. The van der Waals surface area contributed by atoms with E-state index in [4.69, 9.17) is 9.84 Å². The standard InChI is InChI=1S/C17H26O4/c1-10(2)14(6-15(18)19)21-16(20)17-7-11-3-12(8-17)5-13(4-11)9-17/h10-14H,3-9H2,1-2H3,(H,18,19)/t11?,12?,13?,14-,17?/m0/s1. The fourth-order valence-electron chi connectivity index (χ4n) is 5.21. The van der Waals surface area contributed by atoms with Crippen molar-refractivity contribution < 1.29 is 19.4 Å². The average Bonchev–Trinajstić information content (AvgIpc) is 2.35. The number of carboxylic acid groups (broad SMARTS) is 1. The molecule has 4 saturated carbocycles. The number of carbonyl (C=O) groups is 2. The summed E-state index contributed by atoms with van der Waals surface area (Å²) in [4.78, 5) is 23.7. The topological polar surface area (TPSA) is 63.6 Å². The zero-order valence-corrected chi connectivity index (χ0v) is 13.0. The van der Waals surface area contributed by atoms with Crippen molar-refractivity contribution in [3.63, 3.8) is 0 Å². The van der Waals surface area contributed by atoms with E-state index < -0.39 is 12.1 Å². The average molecular weight is 294 g/mol. The summed E-state index contributed by atoms with van der Waals surface area (Å²) in [7, 11) is 0. The number of rotatable bonds is 5. The van der Waals surface area contributed by atoms with Crippen molar-refractivity contribution in [1.29, 1.82) is 0 Å². The lowest BCUT2D eigenvalue weighted by atomic mass is 9.49. The van der Waals surface area contributed by atoms with Crippen LogP contribution >= 0.6 is 0 Å². The van der Waals surface area contributed by atoms with Crippen molar-refractivity contribution in [3.8, 4) is 0 Å². The van der Waals surface area contributed by atoms with Crippen molar-refractivity contribution in [3.05, 3.63) is 0 Å². The van der Waals surface area contributed by atoms with Crippen molar-refractivity contribution in [2.45, 2.75) is 64.9 Å². The van der Waals surface area contributed by atoms with Crippen molar-refractivity contribution in [2.24, 2.45) is 29.1 Å². The second kappa shape index (κ2) is 5.29. The van der Waals surface area contributed by atoms with E-state index >= 15 is 0 Å². The Morgan fingerprint density at radius 1 is 1.10 bits per heavy atom. The summed E-state index contributed by atoms with van der Waals surface area (Å²) in [5.41, 5.74) is -0.291. The van der Waals surface area contributed by atoms with E-state index in [1.165, 1.54) is 19.3 Å². The van der Waals surface area contributed by atoms with E-state index in [1.54, 1.807) is 0 Å². The maximum absolute atomic E-state index is 12.8. The molecule has 0 aromatic rings. The summed E-state index contributed by atoms with van der Waals surface area (Å²) < 4.78 is 5.69. The van der Waals surface area contributed by atoms with Gasteiger partial charge in [-0.1, -0.05) is 13.8 Å². The van der Waals surface area contributed by atoms with E-state index in [2.05, 4.69) is 0 Å². The van der Waals surface area contributed by atoms with Crippen molar-refractivity contribution >= 4 is 11.9 Å². The van der Waals surface area contributed by atoms with Crippen LogP contribution in [-0.2, 0) is 14.3 Å². The fraction of sp³-hybridized carbons (Fsp3) is 0.882. The second-order valence-electron chi connectivity index (χ2n) is 7.98. The molecule has 0 aromatic carbocycles. The predicted octanol–water partition coefficient (Wildman–Crippen LogP) is 3.25. The van der Waals surface area contributed by atoms with Crippen LogP contribution in [0.5, 0.6) is 0 Å². The van der Waals surface area contributed by atoms with E-state index in [0.717, 1.165) is 19.3 Å². The molecule has 0 spiro atoms. The number of hydrogen-bond donors (Lipinski definition) is 1. The van der Waals surface area contributed by atoms with Gasteiger partial charge in [-0.05, 0) is 62.2 Å². The Hall–Kier alpha value is -1.06. The predicted molar refractivity (Wildman–Crippen MR) is 77.6 cm³/mol. The van der Waals surface area contributed by atoms with Crippen LogP contribution in [0.1, 0.15) is 58.8 Å². The smallest absolute Gasteiger partial charge is 0.312 e. The summed E-state index contributed by atoms with van der Waals surface area (Å²) >= 11 is 0. The quantitative estimate of drug-likeness (QED) is 0.791. The van der Waals surface area contributed by atoms with E-state index in [1.807, 2.05) is 13.8 Å². The maximum Gasteiger partial charge on any atom is 0.312 e. The Morgan fingerprint density at radius 3 is 1.95 bits per heavy atom. The van der Waals surface area contributed by atoms with Crippen LogP contribution < -0.4 is 0 Å². The summed E-state index contributed by atoms with van der Waals surface area (Å²) in [5, 5.41) is 8.99.